The molecule has 4 rings (SSSR count). The molecule has 0 saturated carbocycles. The van der Waals surface area contributed by atoms with E-state index in [1.165, 1.54) is 4.90 Å². The molecule has 1 aromatic heterocycles. The van der Waals surface area contributed by atoms with E-state index in [2.05, 4.69) is 5.32 Å². The van der Waals surface area contributed by atoms with Crippen molar-refractivity contribution in [3.63, 3.8) is 0 Å². The van der Waals surface area contributed by atoms with Gasteiger partial charge in [-0.05, 0) is 23.1 Å². The van der Waals surface area contributed by atoms with Gasteiger partial charge < -0.3 is 19.9 Å². The van der Waals surface area contributed by atoms with Crippen molar-refractivity contribution in [3.05, 3.63) is 57.8 Å². The molecule has 148 valence electrons. The zero-order valence-electron chi connectivity index (χ0n) is 16.0. The molecule has 0 bridgehead atoms. The van der Waals surface area contributed by atoms with E-state index in [4.69, 9.17) is 4.74 Å². The number of carbonyl (C=O) groups is 2. The van der Waals surface area contributed by atoms with Gasteiger partial charge >= 0.3 is 0 Å². The third-order valence-electron chi connectivity index (χ3n) is 5.67. The molecule has 1 fully saturated rings. The average molecular weight is 401 g/mol. The van der Waals surface area contributed by atoms with E-state index >= 15 is 0 Å². The summed E-state index contributed by atoms with van der Waals surface area (Å²) in [6, 6.07) is 11.2. The first kappa shape index (κ1) is 19.1. The van der Waals surface area contributed by atoms with E-state index in [9.17, 15) is 9.59 Å². The van der Waals surface area contributed by atoms with Crippen molar-refractivity contribution in [3.8, 4) is 0 Å². The maximum absolute atomic E-state index is 13.3. The van der Waals surface area contributed by atoms with Crippen molar-refractivity contribution in [2.75, 3.05) is 46.4 Å². The lowest BCUT2D eigenvalue weighted by Gasteiger charge is -2.39. The van der Waals surface area contributed by atoms with Crippen LogP contribution in [0, 0.1) is 0 Å². The summed E-state index contributed by atoms with van der Waals surface area (Å²) in [6.07, 6.45) is 0. The quantitative estimate of drug-likeness (QED) is 0.776. The summed E-state index contributed by atoms with van der Waals surface area (Å²) in [5.41, 5.74) is 1.44. The Bertz CT molecular complexity index is 833. The lowest BCUT2D eigenvalue weighted by Crippen LogP contribution is -3.14. The second-order valence-corrected chi connectivity index (χ2v) is 8.32. The van der Waals surface area contributed by atoms with E-state index in [1.54, 1.807) is 23.3 Å². The van der Waals surface area contributed by atoms with Crippen LogP contribution >= 0.6 is 11.3 Å². The van der Waals surface area contributed by atoms with Crippen LogP contribution in [0.1, 0.15) is 32.8 Å². The largest absolute Gasteiger partial charge is 0.370 e. The SMILES string of the molecule is CN1C(=O)c2ccccc2C(C(=O)NCC[NH+]2CCOCC2)C1c1cccs1. The molecule has 0 aliphatic carbocycles. The number of amides is 2. The first-order valence-electron chi connectivity index (χ1n) is 9.75. The van der Waals surface area contributed by atoms with Gasteiger partial charge in [-0.25, -0.2) is 0 Å². The molecule has 0 radical (unpaired) electrons. The van der Waals surface area contributed by atoms with Crippen LogP contribution in [0.2, 0.25) is 0 Å². The van der Waals surface area contributed by atoms with Crippen LogP contribution in [-0.4, -0.2) is 63.2 Å². The highest BCUT2D eigenvalue weighted by Crippen LogP contribution is 2.43. The maximum atomic E-state index is 13.3. The van der Waals surface area contributed by atoms with Crippen LogP contribution in [0.25, 0.3) is 0 Å². The number of nitrogens with zero attached hydrogens (tertiary/aromatic N) is 1. The normalized spacial score (nSPS) is 22.8. The average Bonchev–Trinajstić information content (AvgIpc) is 3.25. The van der Waals surface area contributed by atoms with Crippen LogP contribution in [-0.2, 0) is 9.53 Å². The van der Waals surface area contributed by atoms with E-state index in [-0.39, 0.29) is 17.9 Å². The molecule has 2 N–H and O–H groups in total. The third kappa shape index (κ3) is 3.70. The molecule has 7 heteroatoms. The summed E-state index contributed by atoms with van der Waals surface area (Å²) in [6.45, 7) is 5.05. The van der Waals surface area contributed by atoms with Gasteiger partial charge in [-0.15, -0.1) is 11.3 Å². The molecular weight excluding hydrogens is 374 g/mol. The number of benzene rings is 1. The Morgan fingerprint density at radius 1 is 1.25 bits per heavy atom. The number of thiophene rings is 1. The molecule has 2 atom stereocenters. The Morgan fingerprint density at radius 2 is 2.04 bits per heavy atom. The number of nitrogens with one attached hydrogen (secondary N) is 2. The zero-order valence-corrected chi connectivity index (χ0v) is 16.8. The van der Waals surface area contributed by atoms with Gasteiger partial charge in [0.25, 0.3) is 5.91 Å². The Hall–Kier alpha value is -2.22. The minimum Gasteiger partial charge on any atom is -0.370 e. The van der Waals surface area contributed by atoms with Crippen LogP contribution in [0.4, 0.5) is 0 Å². The van der Waals surface area contributed by atoms with Crippen molar-refractivity contribution in [2.24, 2.45) is 0 Å². The van der Waals surface area contributed by atoms with Gasteiger partial charge in [-0.3, -0.25) is 9.59 Å². The number of hydrogen-bond acceptors (Lipinski definition) is 4. The standard InChI is InChI=1S/C21H25N3O3S/c1-23-19(17-7-4-14-28-17)18(15-5-2-3-6-16(15)21(23)26)20(25)22-8-9-24-10-12-27-13-11-24/h2-7,14,18-19H,8-13H2,1H3,(H,22,25)/p+1. The first-order chi connectivity index (χ1) is 13.7. The van der Waals surface area contributed by atoms with E-state index in [1.807, 2.05) is 41.8 Å². The predicted octanol–water partition coefficient (Wildman–Crippen LogP) is 0.690. The van der Waals surface area contributed by atoms with Crippen molar-refractivity contribution < 1.29 is 19.2 Å². The molecule has 28 heavy (non-hydrogen) atoms. The van der Waals surface area contributed by atoms with Gasteiger partial charge in [-0.2, -0.15) is 0 Å². The Labute approximate surface area is 169 Å². The Morgan fingerprint density at radius 3 is 2.79 bits per heavy atom. The van der Waals surface area contributed by atoms with E-state index in [0.717, 1.165) is 43.3 Å². The second-order valence-electron chi connectivity index (χ2n) is 7.34. The van der Waals surface area contributed by atoms with Gasteiger partial charge in [-0.1, -0.05) is 24.3 Å². The van der Waals surface area contributed by atoms with Gasteiger partial charge in [0.15, 0.2) is 0 Å². The molecule has 2 unspecified atom stereocenters. The van der Waals surface area contributed by atoms with Gasteiger partial charge in [0.2, 0.25) is 5.91 Å². The van der Waals surface area contributed by atoms with Gasteiger partial charge in [0.1, 0.15) is 13.1 Å². The summed E-state index contributed by atoms with van der Waals surface area (Å²) in [5, 5.41) is 5.12. The van der Waals surface area contributed by atoms with Crippen LogP contribution in [0.5, 0.6) is 0 Å². The fourth-order valence-corrected chi connectivity index (χ4v) is 5.06. The molecular formula is C21H26N3O3S+. The molecule has 2 amide bonds. The smallest absolute Gasteiger partial charge is 0.254 e. The molecule has 2 aromatic rings. The summed E-state index contributed by atoms with van der Waals surface area (Å²) in [4.78, 5) is 30.4. The van der Waals surface area contributed by atoms with E-state index < -0.39 is 5.92 Å². The summed E-state index contributed by atoms with van der Waals surface area (Å²) < 4.78 is 5.39. The highest BCUT2D eigenvalue weighted by Gasteiger charge is 2.42. The van der Waals surface area contributed by atoms with Crippen LogP contribution < -0.4 is 10.2 Å². The van der Waals surface area contributed by atoms with Gasteiger partial charge in [0, 0.05) is 17.5 Å². The predicted molar refractivity (Wildman–Crippen MR) is 108 cm³/mol. The number of hydrogen-bond donors (Lipinski definition) is 2. The lowest BCUT2D eigenvalue weighted by molar-refractivity contribution is -0.906. The summed E-state index contributed by atoms with van der Waals surface area (Å²) in [5.74, 6) is -0.453. The number of fused-ring (bicyclic) bond motifs is 1. The molecule has 1 aromatic carbocycles. The molecule has 0 spiro atoms. The van der Waals surface area contributed by atoms with Crippen LogP contribution in [0.3, 0.4) is 0 Å². The van der Waals surface area contributed by atoms with E-state index in [0.29, 0.717) is 12.1 Å². The summed E-state index contributed by atoms with van der Waals surface area (Å²) >= 11 is 1.59. The minimum atomic E-state index is -0.405. The topological polar surface area (TPSA) is 63.1 Å². The number of quaternary nitrogens is 1. The number of morpholine rings is 1. The number of ether oxygens (including phenoxy) is 1. The molecule has 6 nitrogen and oxygen atoms in total. The zero-order chi connectivity index (χ0) is 19.5. The molecule has 3 heterocycles. The highest BCUT2D eigenvalue weighted by molar-refractivity contribution is 7.10. The fraction of sp³-hybridized carbons (Fsp3) is 0.429. The molecule has 1 saturated heterocycles. The molecule has 2 aliphatic heterocycles. The maximum Gasteiger partial charge on any atom is 0.254 e. The Balaban J connectivity index is 1.56. The number of carbonyl (C=O) groups excluding carboxylic acids is 2. The van der Waals surface area contributed by atoms with Crippen molar-refractivity contribution >= 4 is 23.2 Å². The second kappa shape index (κ2) is 8.43. The van der Waals surface area contributed by atoms with Crippen molar-refractivity contribution in [1.29, 1.82) is 0 Å². The van der Waals surface area contributed by atoms with Gasteiger partial charge in [0.05, 0.1) is 38.3 Å². The fourth-order valence-electron chi connectivity index (χ4n) is 4.15. The number of rotatable bonds is 5. The first-order valence-corrected chi connectivity index (χ1v) is 10.6. The van der Waals surface area contributed by atoms with Crippen molar-refractivity contribution in [1.82, 2.24) is 10.2 Å². The highest BCUT2D eigenvalue weighted by atomic mass is 32.1. The Kier molecular flexibility index (Phi) is 5.75. The third-order valence-corrected chi connectivity index (χ3v) is 6.62. The lowest BCUT2D eigenvalue weighted by atomic mass is 9.82. The van der Waals surface area contributed by atoms with Crippen LogP contribution in [0.15, 0.2) is 41.8 Å². The summed E-state index contributed by atoms with van der Waals surface area (Å²) in [7, 11) is 1.79. The monoisotopic (exact) mass is 400 g/mol. The van der Waals surface area contributed by atoms with Crippen molar-refractivity contribution in [2.45, 2.75) is 12.0 Å². The number of likely N-dealkylation sites (N-methyl/N-ethyl adjacent to an activating group) is 1. The molecule has 2 aliphatic rings. The minimum absolute atomic E-state index is 0.0159.